The lowest BCUT2D eigenvalue weighted by atomic mass is 10.0. The third-order valence-electron chi connectivity index (χ3n) is 9.00. The van der Waals surface area contributed by atoms with E-state index in [1.54, 1.807) is 6.08 Å². The average molecular weight is 674 g/mol. The number of hydrogen-bond acceptors (Lipinski definition) is 4. The monoisotopic (exact) mass is 674 g/mol. The Balaban J connectivity index is 3.99. The standard InChI is InChI=1S/C38H76NO6P/c1-3-5-7-9-11-13-15-17-18-19-20-22-23-25-27-29-31-33-37(40)36(35-45-46(42,43)44)39-38(41)34-32-30-28-26-24-21-16-14-12-10-8-6-4-2/h31,33,36-37,40H,3-30,32,34-35H2,1-2H3,(H,39,41)(H2,42,43,44)/b33-31+/t36-,37+/m0/s1. The van der Waals surface area contributed by atoms with E-state index in [2.05, 4.69) is 23.7 Å². The van der Waals surface area contributed by atoms with Crippen molar-refractivity contribution in [2.24, 2.45) is 0 Å². The molecule has 0 heterocycles. The Kier molecular flexibility index (Phi) is 33.6. The predicted octanol–water partition coefficient (Wildman–Crippen LogP) is 11.2. The van der Waals surface area contributed by atoms with Crippen LogP contribution in [0.4, 0.5) is 0 Å². The fraction of sp³-hybridized carbons (Fsp3) is 0.921. The van der Waals surface area contributed by atoms with Crippen LogP contribution in [0.5, 0.6) is 0 Å². The molecule has 0 aliphatic heterocycles. The number of unbranched alkanes of at least 4 members (excludes halogenated alkanes) is 27. The summed E-state index contributed by atoms with van der Waals surface area (Å²) < 4.78 is 15.9. The molecule has 0 aromatic heterocycles. The van der Waals surface area contributed by atoms with Crippen LogP contribution in [0.15, 0.2) is 12.2 Å². The number of aliphatic hydroxyl groups excluding tert-OH is 1. The first-order valence-corrected chi connectivity index (χ1v) is 21.2. The van der Waals surface area contributed by atoms with E-state index in [1.165, 1.54) is 148 Å². The van der Waals surface area contributed by atoms with Gasteiger partial charge in [0.1, 0.15) is 0 Å². The highest BCUT2D eigenvalue weighted by atomic mass is 31.2. The molecule has 46 heavy (non-hydrogen) atoms. The van der Waals surface area contributed by atoms with Gasteiger partial charge >= 0.3 is 7.82 Å². The minimum Gasteiger partial charge on any atom is -0.387 e. The largest absolute Gasteiger partial charge is 0.469 e. The SMILES string of the molecule is CCCCCCCCCCCCCCCCC/C=C/[C@@H](O)[C@H](COP(=O)(O)O)NC(=O)CCCCCCCCCCCCCCC. The number of allylic oxidation sites excluding steroid dienone is 1. The quantitative estimate of drug-likeness (QED) is 0.0299. The molecule has 0 saturated heterocycles. The zero-order chi connectivity index (χ0) is 34.0. The molecule has 0 rings (SSSR count). The molecule has 0 fully saturated rings. The summed E-state index contributed by atoms with van der Waals surface area (Å²) in [6, 6.07) is -0.903. The Morgan fingerprint density at radius 3 is 1.33 bits per heavy atom. The summed E-state index contributed by atoms with van der Waals surface area (Å²) in [7, 11) is -4.71. The van der Waals surface area contributed by atoms with Gasteiger partial charge in [-0.3, -0.25) is 9.32 Å². The highest BCUT2D eigenvalue weighted by Crippen LogP contribution is 2.35. The van der Waals surface area contributed by atoms with Crippen molar-refractivity contribution in [3.63, 3.8) is 0 Å². The summed E-state index contributed by atoms with van der Waals surface area (Å²) in [6.07, 6.45) is 39.4. The van der Waals surface area contributed by atoms with Crippen molar-refractivity contribution in [3.8, 4) is 0 Å². The summed E-state index contributed by atoms with van der Waals surface area (Å²) in [6.45, 7) is 4.07. The van der Waals surface area contributed by atoms with Gasteiger partial charge in [0.15, 0.2) is 0 Å². The summed E-state index contributed by atoms with van der Waals surface area (Å²) in [5, 5.41) is 13.4. The van der Waals surface area contributed by atoms with Crippen molar-refractivity contribution >= 4 is 13.7 Å². The van der Waals surface area contributed by atoms with Gasteiger partial charge in [0.05, 0.1) is 18.8 Å². The van der Waals surface area contributed by atoms with Gasteiger partial charge in [-0.05, 0) is 19.3 Å². The number of nitrogens with one attached hydrogen (secondary N) is 1. The van der Waals surface area contributed by atoms with Crippen LogP contribution in [0.1, 0.15) is 206 Å². The highest BCUT2D eigenvalue weighted by Gasteiger charge is 2.24. The second-order valence-corrected chi connectivity index (χ2v) is 14.8. The Bertz CT molecular complexity index is 728. The molecule has 0 bridgehead atoms. The third-order valence-corrected chi connectivity index (χ3v) is 9.48. The topological polar surface area (TPSA) is 116 Å². The second kappa shape index (κ2) is 34.2. The molecule has 0 aliphatic carbocycles. The number of carbonyl (C=O) groups is 1. The lowest BCUT2D eigenvalue weighted by Crippen LogP contribution is -2.45. The second-order valence-electron chi connectivity index (χ2n) is 13.6. The van der Waals surface area contributed by atoms with Gasteiger partial charge in [-0.15, -0.1) is 0 Å². The molecule has 4 N–H and O–H groups in total. The average Bonchev–Trinajstić information content (AvgIpc) is 3.02. The molecular formula is C38H76NO6P. The van der Waals surface area contributed by atoms with Crippen molar-refractivity contribution < 1.29 is 28.8 Å². The van der Waals surface area contributed by atoms with E-state index in [4.69, 9.17) is 9.79 Å². The maximum absolute atomic E-state index is 12.5. The molecule has 7 nitrogen and oxygen atoms in total. The molecule has 0 aromatic rings. The van der Waals surface area contributed by atoms with E-state index in [1.807, 2.05) is 6.08 Å². The van der Waals surface area contributed by atoms with Crippen molar-refractivity contribution in [3.05, 3.63) is 12.2 Å². The van der Waals surface area contributed by atoms with E-state index in [9.17, 15) is 14.5 Å². The summed E-state index contributed by atoms with van der Waals surface area (Å²) in [5.41, 5.74) is 0. The van der Waals surface area contributed by atoms with E-state index in [0.29, 0.717) is 6.42 Å². The van der Waals surface area contributed by atoms with Crippen LogP contribution in [0.3, 0.4) is 0 Å². The fourth-order valence-corrected chi connectivity index (χ4v) is 6.34. The molecule has 2 atom stereocenters. The molecule has 0 aliphatic rings. The van der Waals surface area contributed by atoms with Crippen LogP contribution in [0.2, 0.25) is 0 Å². The Labute approximate surface area is 284 Å². The number of hydrogen-bond donors (Lipinski definition) is 4. The number of phosphoric ester groups is 1. The van der Waals surface area contributed by atoms with Gasteiger partial charge in [-0.2, -0.15) is 0 Å². The fourth-order valence-electron chi connectivity index (χ4n) is 5.99. The van der Waals surface area contributed by atoms with Crippen molar-refractivity contribution in [2.45, 2.75) is 219 Å². The number of aliphatic hydroxyl groups is 1. The molecule has 0 radical (unpaired) electrons. The van der Waals surface area contributed by atoms with Crippen molar-refractivity contribution in [1.29, 1.82) is 0 Å². The van der Waals surface area contributed by atoms with Crippen LogP contribution in [0.25, 0.3) is 0 Å². The first-order chi connectivity index (χ1) is 22.3. The maximum Gasteiger partial charge on any atom is 0.469 e. The lowest BCUT2D eigenvalue weighted by Gasteiger charge is -2.22. The van der Waals surface area contributed by atoms with Crippen LogP contribution in [-0.2, 0) is 13.9 Å². The summed E-state index contributed by atoms with van der Waals surface area (Å²) in [4.78, 5) is 30.8. The molecule has 8 heteroatoms. The zero-order valence-corrected chi connectivity index (χ0v) is 31.1. The molecule has 0 spiro atoms. The molecule has 0 saturated carbocycles. The Hall–Kier alpha value is -0.720. The minimum atomic E-state index is -4.71. The van der Waals surface area contributed by atoms with E-state index < -0.39 is 26.6 Å². The minimum absolute atomic E-state index is 0.225. The molecule has 0 aromatic carbocycles. The van der Waals surface area contributed by atoms with Crippen molar-refractivity contribution in [1.82, 2.24) is 5.32 Å². The molecular weight excluding hydrogens is 597 g/mol. The first kappa shape index (κ1) is 45.3. The predicted molar refractivity (Wildman–Crippen MR) is 195 cm³/mol. The molecule has 1 amide bonds. The Morgan fingerprint density at radius 1 is 0.609 bits per heavy atom. The summed E-state index contributed by atoms with van der Waals surface area (Å²) >= 11 is 0. The highest BCUT2D eigenvalue weighted by molar-refractivity contribution is 7.46. The number of amides is 1. The third kappa shape index (κ3) is 34.6. The van der Waals surface area contributed by atoms with Gasteiger partial charge < -0.3 is 20.2 Å². The molecule has 0 unspecified atom stereocenters. The van der Waals surface area contributed by atoms with Gasteiger partial charge in [-0.25, -0.2) is 4.57 Å². The summed E-state index contributed by atoms with van der Waals surface area (Å²) in [5.74, 6) is -0.225. The van der Waals surface area contributed by atoms with Crippen LogP contribution in [-0.4, -0.2) is 39.6 Å². The van der Waals surface area contributed by atoms with E-state index in [-0.39, 0.29) is 5.91 Å². The number of rotatable bonds is 36. The van der Waals surface area contributed by atoms with Gasteiger partial charge in [-0.1, -0.05) is 193 Å². The first-order valence-electron chi connectivity index (χ1n) is 19.6. The van der Waals surface area contributed by atoms with Gasteiger partial charge in [0, 0.05) is 6.42 Å². The smallest absolute Gasteiger partial charge is 0.387 e. The number of phosphoric acid groups is 1. The van der Waals surface area contributed by atoms with Crippen LogP contribution >= 0.6 is 7.82 Å². The van der Waals surface area contributed by atoms with Crippen molar-refractivity contribution in [2.75, 3.05) is 6.61 Å². The zero-order valence-electron chi connectivity index (χ0n) is 30.2. The van der Waals surface area contributed by atoms with Gasteiger partial charge in [0.2, 0.25) is 5.91 Å². The Morgan fingerprint density at radius 2 is 0.957 bits per heavy atom. The molecule has 274 valence electrons. The van der Waals surface area contributed by atoms with E-state index >= 15 is 0 Å². The number of carbonyl (C=O) groups excluding carboxylic acids is 1. The lowest BCUT2D eigenvalue weighted by molar-refractivity contribution is -0.123. The van der Waals surface area contributed by atoms with Crippen LogP contribution < -0.4 is 5.32 Å². The maximum atomic E-state index is 12.5. The van der Waals surface area contributed by atoms with E-state index in [0.717, 1.165) is 38.5 Å². The van der Waals surface area contributed by atoms with Gasteiger partial charge in [0.25, 0.3) is 0 Å². The normalized spacial score (nSPS) is 13.4. The van der Waals surface area contributed by atoms with Crippen LogP contribution in [0, 0.1) is 0 Å².